The van der Waals surface area contributed by atoms with Crippen LogP contribution in [0.4, 0.5) is 0 Å². The molecule has 4 nitrogen and oxygen atoms in total. The van der Waals surface area contributed by atoms with Crippen LogP contribution in [0.3, 0.4) is 0 Å². The summed E-state index contributed by atoms with van der Waals surface area (Å²) in [5.41, 5.74) is 2.04. The molecule has 0 atom stereocenters. The van der Waals surface area contributed by atoms with Gasteiger partial charge in [-0.05, 0) is 31.9 Å². The number of fused-ring (bicyclic) bond motifs is 1. The molecule has 1 saturated carbocycles. The van der Waals surface area contributed by atoms with Crippen LogP contribution in [-0.4, -0.2) is 33.0 Å². The topological polar surface area (TPSA) is 37.6 Å². The third kappa shape index (κ3) is 1.98. The quantitative estimate of drug-likeness (QED) is 0.822. The molecule has 0 saturated heterocycles. The second kappa shape index (κ2) is 4.44. The summed E-state index contributed by atoms with van der Waals surface area (Å²) in [7, 11) is 0. The van der Waals surface area contributed by atoms with E-state index in [2.05, 4.69) is 5.10 Å². The second-order valence-corrected chi connectivity index (χ2v) is 4.79. The molecule has 3 rings (SSSR count). The van der Waals surface area contributed by atoms with Gasteiger partial charge < -0.3 is 4.90 Å². The molecule has 1 aliphatic rings. The Hall–Kier alpha value is -1.84. The lowest BCUT2D eigenvalue weighted by Gasteiger charge is -2.19. The first kappa shape index (κ1) is 11.3. The molecular formula is C14H17N3O. The van der Waals surface area contributed by atoms with Gasteiger partial charge in [-0.2, -0.15) is 5.10 Å². The zero-order chi connectivity index (χ0) is 12.5. The molecule has 4 heteroatoms. The van der Waals surface area contributed by atoms with Crippen molar-refractivity contribution in [2.45, 2.75) is 32.2 Å². The third-order valence-corrected chi connectivity index (χ3v) is 3.50. The molecule has 2 aromatic heterocycles. The monoisotopic (exact) mass is 243 g/mol. The van der Waals surface area contributed by atoms with E-state index in [0.717, 1.165) is 30.5 Å². The lowest BCUT2D eigenvalue weighted by atomic mass is 10.2. The zero-order valence-electron chi connectivity index (χ0n) is 10.5. The van der Waals surface area contributed by atoms with Gasteiger partial charge in [-0.15, -0.1) is 0 Å². The van der Waals surface area contributed by atoms with Crippen molar-refractivity contribution >= 4 is 11.4 Å². The fraction of sp³-hybridized carbons (Fsp3) is 0.429. The molecule has 18 heavy (non-hydrogen) atoms. The van der Waals surface area contributed by atoms with Crippen molar-refractivity contribution in [3.63, 3.8) is 0 Å². The summed E-state index contributed by atoms with van der Waals surface area (Å²) < 4.78 is 1.82. The van der Waals surface area contributed by atoms with Gasteiger partial charge in [0, 0.05) is 24.3 Å². The first-order valence-corrected chi connectivity index (χ1v) is 6.50. The van der Waals surface area contributed by atoms with Crippen LogP contribution in [0, 0.1) is 0 Å². The Labute approximate surface area is 106 Å². The number of hydrogen-bond donors (Lipinski definition) is 0. The van der Waals surface area contributed by atoms with E-state index in [0.29, 0.717) is 12.5 Å². The average Bonchev–Trinajstić information content (AvgIpc) is 3.13. The molecule has 0 aromatic carbocycles. The highest BCUT2D eigenvalue weighted by Gasteiger charge is 2.31. The molecule has 1 amide bonds. The number of nitrogens with zero attached hydrogens (tertiary/aromatic N) is 3. The Kier molecular flexibility index (Phi) is 2.78. The lowest BCUT2D eigenvalue weighted by molar-refractivity contribution is -0.130. The van der Waals surface area contributed by atoms with Gasteiger partial charge in [0.1, 0.15) is 0 Å². The number of likely N-dealkylation sites (N-methyl/N-ethyl adjacent to an activating group) is 1. The molecule has 2 heterocycles. The fourth-order valence-electron chi connectivity index (χ4n) is 2.41. The Morgan fingerprint density at radius 2 is 2.33 bits per heavy atom. The Morgan fingerprint density at radius 3 is 3.06 bits per heavy atom. The summed E-state index contributed by atoms with van der Waals surface area (Å²) >= 11 is 0. The minimum atomic E-state index is 0.221. The van der Waals surface area contributed by atoms with Gasteiger partial charge in [-0.25, -0.2) is 4.52 Å². The number of hydrogen-bond acceptors (Lipinski definition) is 2. The van der Waals surface area contributed by atoms with Gasteiger partial charge in [0.25, 0.3) is 0 Å². The number of rotatable bonds is 4. The van der Waals surface area contributed by atoms with Crippen LogP contribution in [-0.2, 0) is 11.2 Å². The van der Waals surface area contributed by atoms with Gasteiger partial charge >= 0.3 is 0 Å². The van der Waals surface area contributed by atoms with E-state index in [4.69, 9.17) is 0 Å². The molecule has 0 aliphatic heterocycles. The molecule has 0 bridgehead atoms. The number of amides is 1. The normalized spacial score (nSPS) is 14.9. The number of aromatic nitrogens is 2. The summed E-state index contributed by atoms with van der Waals surface area (Å²) in [4.78, 5) is 14.2. The molecule has 1 fully saturated rings. The Bertz CT molecular complexity index is 571. The maximum Gasteiger partial charge on any atom is 0.227 e. The van der Waals surface area contributed by atoms with Gasteiger partial charge in [0.2, 0.25) is 5.91 Å². The maximum atomic E-state index is 12.3. The molecule has 0 N–H and O–H groups in total. The largest absolute Gasteiger partial charge is 0.340 e. The van der Waals surface area contributed by atoms with Crippen LogP contribution < -0.4 is 0 Å². The molecule has 2 aromatic rings. The number of carbonyl (C=O) groups is 1. The predicted octanol–water partition coefficient (Wildman–Crippen LogP) is 1.89. The lowest BCUT2D eigenvalue weighted by Crippen LogP contribution is -2.33. The highest BCUT2D eigenvalue weighted by molar-refractivity contribution is 5.81. The van der Waals surface area contributed by atoms with Crippen molar-refractivity contribution in [2.75, 3.05) is 6.54 Å². The van der Waals surface area contributed by atoms with Gasteiger partial charge in [0.05, 0.1) is 18.1 Å². The summed E-state index contributed by atoms with van der Waals surface area (Å²) in [6, 6.07) is 6.41. The Morgan fingerprint density at radius 1 is 1.50 bits per heavy atom. The molecule has 0 unspecified atom stereocenters. The summed E-state index contributed by atoms with van der Waals surface area (Å²) in [5.74, 6) is 0.221. The highest BCUT2D eigenvalue weighted by atomic mass is 16.2. The average molecular weight is 243 g/mol. The molecular weight excluding hydrogens is 226 g/mol. The van der Waals surface area contributed by atoms with Crippen LogP contribution in [0.1, 0.15) is 25.3 Å². The van der Waals surface area contributed by atoms with Crippen molar-refractivity contribution < 1.29 is 4.79 Å². The van der Waals surface area contributed by atoms with E-state index in [9.17, 15) is 4.79 Å². The fourth-order valence-corrected chi connectivity index (χ4v) is 2.41. The van der Waals surface area contributed by atoms with Gasteiger partial charge in [-0.1, -0.05) is 6.07 Å². The first-order chi connectivity index (χ1) is 8.79. The molecule has 0 spiro atoms. The summed E-state index contributed by atoms with van der Waals surface area (Å²) in [5, 5.41) is 4.26. The van der Waals surface area contributed by atoms with Crippen molar-refractivity contribution in [1.29, 1.82) is 0 Å². The second-order valence-electron chi connectivity index (χ2n) is 4.79. The van der Waals surface area contributed by atoms with Crippen LogP contribution in [0.15, 0.2) is 30.6 Å². The van der Waals surface area contributed by atoms with Gasteiger partial charge in [0.15, 0.2) is 0 Å². The molecule has 1 aliphatic carbocycles. The van der Waals surface area contributed by atoms with Crippen LogP contribution >= 0.6 is 0 Å². The number of pyridine rings is 1. The van der Waals surface area contributed by atoms with Crippen LogP contribution in [0.25, 0.3) is 5.52 Å². The standard InChI is InChI=1S/C14H17N3O/c1-2-16(12-6-7-12)14(18)9-11-10-15-17-8-4-3-5-13(11)17/h3-5,8,10,12H,2,6-7,9H2,1H3. The van der Waals surface area contributed by atoms with E-state index in [-0.39, 0.29) is 5.91 Å². The SMILES string of the molecule is CCN(C(=O)Cc1cnn2ccccc12)C1CC1. The minimum absolute atomic E-state index is 0.221. The number of carbonyl (C=O) groups excluding carboxylic acids is 1. The molecule has 0 radical (unpaired) electrons. The predicted molar refractivity (Wildman–Crippen MR) is 69.3 cm³/mol. The molecule has 94 valence electrons. The minimum Gasteiger partial charge on any atom is -0.340 e. The van der Waals surface area contributed by atoms with Crippen molar-refractivity contribution in [1.82, 2.24) is 14.5 Å². The van der Waals surface area contributed by atoms with E-state index < -0.39 is 0 Å². The van der Waals surface area contributed by atoms with E-state index in [1.165, 1.54) is 0 Å². The van der Waals surface area contributed by atoms with Crippen molar-refractivity contribution in [2.24, 2.45) is 0 Å². The van der Waals surface area contributed by atoms with Crippen molar-refractivity contribution in [3.05, 3.63) is 36.2 Å². The smallest absolute Gasteiger partial charge is 0.227 e. The zero-order valence-corrected chi connectivity index (χ0v) is 10.5. The first-order valence-electron chi connectivity index (χ1n) is 6.50. The maximum absolute atomic E-state index is 12.3. The van der Waals surface area contributed by atoms with Crippen LogP contribution in [0.2, 0.25) is 0 Å². The third-order valence-electron chi connectivity index (χ3n) is 3.50. The highest BCUT2D eigenvalue weighted by Crippen LogP contribution is 2.27. The van der Waals surface area contributed by atoms with Crippen molar-refractivity contribution in [3.8, 4) is 0 Å². The summed E-state index contributed by atoms with van der Waals surface area (Å²) in [6.45, 7) is 2.86. The van der Waals surface area contributed by atoms with E-state index >= 15 is 0 Å². The Balaban J connectivity index is 1.81. The van der Waals surface area contributed by atoms with Gasteiger partial charge in [-0.3, -0.25) is 4.79 Å². The summed E-state index contributed by atoms with van der Waals surface area (Å²) in [6.07, 6.45) is 6.48. The van der Waals surface area contributed by atoms with Crippen LogP contribution in [0.5, 0.6) is 0 Å². The van der Waals surface area contributed by atoms with E-state index in [1.54, 1.807) is 6.20 Å². The van der Waals surface area contributed by atoms with E-state index in [1.807, 2.05) is 40.7 Å².